The number of aliphatic hydroxyl groups is 1. The smallest absolute Gasteiger partial charge is 0.432 e. The Labute approximate surface area is 770 Å². The van der Waals surface area contributed by atoms with Crippen LogP contribution in [0.2, 0.25) is 0 Å². The second kappa shape index (κ2) is 36.1. The highest BCUT2D eigenvalue weighted by molar-refractivity contribution is 7.87. The molecule has 18 saturated carbocycles. The van der Waals surface area contributed by atoms with Crippen molar-refractivity contribution in [3.05, 3.63) is 0 Å². The maximum atomic E-state index is 13.8. The lowest BCUT2D eigenvalue weighted by molar-refractivity contribution is -0.270. The first kappa shape index (κ1) is 113. The second-order valence-corrected chi connectivity index (χ2v) is 47.8. The maximum absolute atomic E-state index is 13.8. The molecule has 18 bridgehead atoms. The lowest BCUT2D eigenvalue weighted by Gasteiger charge is -2.60. The van der Waals surface area contributed by atoms with Crippen LogP contribution >= 0.6 is 0 Å². The quantitative estimate of drug-likeness (QED) is 0.0430. The second-order valence-electron chi connectivity index (χ2n) is 40.6. The molecule has 18 aliphatic carbocycles. The number of hydrogen-bond donors (Lipinski definition) is 1. The van der Waals surface area contributed by atoms with Gasteiger partial charge in [-0.25, -0.2) is 42.1 Å². The topological polar surface area (TPSA) is 534 Å². The van der Waals surface area contributed by atoms with Gasteiger partial charge < -0.3 is 65.8 Å². The van der Waals surface area contributed by atoms with Crippen molar-refractivity contribution in [3.8, 4) is 0 Å². The first-order valence-corrected chi connectivity index (χ1v) is 49.2. The highest BCUT2D eigenvalue weighted by Crippen LogP contribution is 2.68. The molecule has 0 aromatic carbocycles. The molecule has 19 rings (SSSR count). The number of carbonyl (C=O) groups excluding carboxylic acids is 9. The van der Waals surface area contributed by atoms with Crippen LogP contribution in [0.1, 0.15) is 188 Å². The van der Waals surface area contributed by atoms with Gasteiger partial charge in [-0.3, -0.25) is 43.2 Å². The molecule has 1 saturated heterocycles. The summed E-state index contributed by atoms with van der Waals surface area (Å²) in [4.78, 5) is 110. The third kappa shape index (κ3) is 22.2. The number of hydrogen-bond acceptors (Lipinski definition) is 33. The lowest BCUT2D eigenvalue weighted by atomic mass is 9.48. The van der Waals surface area contributed by atoms with Crippen LogP contribution < -0.4 is 0 Å². The standard InChI is InChI=1S/C19H25F5O7S.C15H19F5O5S.C14H13F5O9S.C14H17F5O6S.C14H15F5O6S/c1-15(2,3)13(25)31-17-7-10-4-11(8-17)6-16(5-10,9-17)14(26)30-12(18(20,21)22)19(23,24)32(27,28)29;16-14(17,18)12(15(19,20)26(22,23)24)25-11(21)7-13-4-8-1-9(5-13)3-10(2-8)6-13;1-3(20)26-8-4-2-5-6(10(21)27-9(5)8)7(4)11(22)28-12(13(15,16)17)14(18,19)29(23,24)25;15-13(16,17)9(14(18,19)26(22,23)24)25-10(20)11-2-7-1-8(3-11)5-12(21,4-7)6-11;15-13(16,17)10(14(18,19)26(22,23)24)25-11(21)12-3-6-1-7(4-12)9(20)8(2-6)5-12/h10-12H,4-9H2,1-3H3,(H,27,28,29);8-10,12H,1-7H2,(H,22,23,24);4-9,12H,2H2,1H3,(H,23,24,25);7-9,21H,1-6H2,(H,22,23,24);6-8,10H,1-5H2,(H,22,23,24)/p-5. The molecule has 0 aromatic heterocycles. The van der Waals surface area contributed by atoms with Crippen LogP contribution in [0.5, 0.6) is 0 Å². The van der Waals surface area contributed by atoms with Gasteiger partial charge in [0.2, 0.25) is 0 Å². The van der Waals surface area contributed by atoms with Crippen LogP contribution in [0.4, 0.5) is 110 Å². The van der Waals surface area contributed by atoms with E-state index in [1.807, 2.05) is 0 Å². The van der Waals surface area contributed by atoms with Crippen LogP contribution in [0.25, 0.3) is 0 Å². The van der Waals surface area contributed by atoms with E-state index in [0.717, 1.165) is 26.2 Å². The van der Waals surface area contributed by atoms with E-state index < -0.39 is 278 Å². The zero-order chi connectivity index (χ0) is 106. The number of ether oxygens (including phenoxy) is 8. The summed E-state index contributed by atoms with van der Waals surface area (Å²) in [6.07, 6.45) is -46.3. The van der Waals surface area contributed by atoms with E-state index >= 15 is 0 Å². The van der Waals surface area contributed by atoms with Gasteiger partial charge >= 0.3 is 105 Å². The summed E-state index contributed by atoms with van der Waals surface area (Å²) in [6, 6.07) is 0. The minimum absolute atomic E-state index is 0.00567. The Bertz CT molecular complexity index is 5350. The zero-order valence-electron chi connectivity index (χ0n) is 71.8. The van der Waals surface area contributed by atoms with E-state index in [1.165, 1.54) is 0 Å². The molecule has 19 fully saturated rings. The summed E-state index contributed by atoms with van der Waals surface area (Å²) >= 11 is 0. The molecular weight excluding hydrogens is 2080 g/mol. The van der Waals surface area contributed by atoms with Gasteiger partial charge in [0.25, 0.3) is 30.5 Å². The molecule has 1 aliphatic heterocycles. The van der Waals surface area contributed by atoms with Gasteiger partial charge in [-0.05, 0) is 221 Å². The summed E-state index contributed by atoms with van der Waals surface area (Å²) in [5, 5.41) is -18.9. The molecule has 0 radical (unpaired) electrons. The summed E-state index contributed by atoms with van der Waals surface area (Å²) in [7, 11) is -33.8. The van der Waals surface area contributed by atoms with Crippen molar-refractivity contribution in [1.82, 2.24) is 0 Å². The SMILES string of the molecule is CC(=O)OC1C2CC3C1OC(=O)C3C2C(=O)OC(C(F)(F)F)C(F)(F)S(=O)(=O)[O-].CC(C)(C)C(=O)OC12CC3CC(C1)CC(C(=O)OC(C(F)(F)F)C(F)(F)S(=O)(=O)[O-])(C3)C2.O=C(CC12CC3CC(CC(C3)C1)C2)OC(C(F)(F)F)C(F)(F)S(=O)(=O)[O-].O=C(OC(C(F)(F)F)C(F)(F)S(=O)(=O)[O-])C12CC3CC(CC(O)(C3)C1)C2.O=C1C2CC3CC1CC(C(=O)OC(C(F)(F)F)C(F)(F)S(=O)(=O)[O-])(C3)C2. The fraction of sp³-hybridized carbons (Fsp3) is 0.882. The largest absolute Gasteiger partial charge is 0.743 e. The van der Waals surface area contributed by atoms with Gasteiger partial charge in [-0.2, -0.15) is 110 Å². The average molecular weight is 2160 g/mol. The summed E-state index contributed by atoms with van der Waals surface area (Å²) in [5.74, 6) is -16.6. The van der Waals surface area contributed by atoms with E-state index in [0.29, 0.717) is 88.4 Å². The molecule has 1 N–H and O–H groups in total. The number of esters is 8. The Kier molecular flexibility index (Phi) is 29.2. The number of rotatable bonds is 23. The molecular formula is C76H84F25O33S5-5. The van der Waals surface area contributed by atoms with Crippen molar-refractivity contribution >= 4 is 104 Å². The monoisotopic (exact) mass is 2160 g/mol. The Morgan fingerprint density at radius 3 is 1.04 bits per heavy atom. The predicted octanol–water partition coefficient (Wildman–Crippen LogP) is 11.0. The molecule has 17 unspecified atom stereocenters. The van der Waals surface area contributed by atoms with E-state index in [2.05, 4.69) is 23.7 Å². The Balaban J connectivity index is 0.000000167. The minimum atomic E-state index is -6.85. The third-order valence-corrected chi connectivity index (χ3v) is 33.3. The third-order valence-electron chi connectivity index (χ3n) is 28.9. The molecule has 796 valence electrons. The number of alkyl halides is 25. The highest BCUT2D eigenvalue weighted by atomic mass is 32.2. The average Bonchev–Trinajstić information content (AvgIpc) is 1.47. The summed E-state index contributed by atoms with van der Waals surface area (Å²) < 4.78 is 525. The van der Waals surface area contributed by atoms with E-state index in [4.69, 9.17) is 14.2 Å². The highest BCUT2D eigenvalue weighted by Gasteiger charge is 2.76. The van der Waals surface area contributed by atoms with Gasteiger partial charge in [0.15, 0.2) is 50.6 Å². The van der Waals surface area contributed by atoms with Crippen molar-refractivity contribution in [2.75, 3.05) is 0 Å². The van der Waals surface area contributed by atoms with Crippen molar-refractivity contribution in [2.24, 2.45) is 110 Å². The summed E-state index contributed by atoms with van der Waals surface area (Å²) in [5.41, 5.74) is -8.63. The fourth-order valence-corrected chi connectivity index (χ4v) is 27.4. The van der Waals surface area contributed by atoms with Crippen LogP contribution in [0.3, 0.4) is 0 Å². The molecule has 19 aliphatic rings. The van der Waals surface area contributed by atoms with Crippen LogP contribution in [0, 0.1) is 110 Å². The normalized spacial score (nSPS) is 35.4. The predicted molar refractivity (Wildman–Crippen MR) is 391 cm³/mol. The molecule has 0 spiro atoms. The van der Waals surface area contributed by atoms with Crippen molar-refractivity contribution in [2.45, 2.75) is 299 Å². The Hall–Kier alpha value is -6.81. The van der Waals surface area contributed by atoms with E-state index in [9.17, 15) is 223 Å². The number of carbonyl (C=O) groups is 9. The molecule has 0 aromatic rings. The lowest BCUT2D eigenvalue weighted by Crippen LogP contribution is -2.62. The molecule has 33 nitrogen and oxygen atoms in total. The van der Waals surface area contributed by atoms with E-state index in [1.54, 1.807) is 20.8 Å². The number of halogens is 25. The molecule has 1 heterocycles. The van der Waals surface area contributed by atoms with Crippen molar-refractivity contribution in [1.29, 1.82) is 0 Å². The van der Waals surface area contributed by atoms with E-state index in [-0.39, 0.29) is 99.6 Å². The number of fused-ring (bicyclic) bond motifs is 1. The van der Waals surface area contributed by atoms with Gasteiger partial charge in [-0.1, -0.05) is 0 Å². The van der Waals surface area contributed by atoms with Crippen LogP contribution in [0.15, 0.2) is 0 Å². The first-order valence-electron chi connectivity index (χ1n) is 42.2. The van der Waals surface area contributed by atoms with Crippen molar-refractivity contribution in [3.63, 3.8) is 0 Å². The molecule has 63 heteroatoms. The Morgan fingerprint density at radius 2 is 0.705 bits per heavy atom. The van der Waals surface area contributed by atoms with Gasteiger partial charge in [-0.15, -0.1) is 0 Å². The van der Waals surface area contributed by atoms with Gasteiger partial charge in [0.1, 0.15) is 23.6 Å². The van der Waals surface area contributed by atoms with Crippen LogP contribution in [-0.2, 0) is 132 Å². The number of Topliss-reactive ketones (excluding diaryl/α,β-unsaturated/α-hetero) is 1. The molecule has 17 atom stereocenters. The molecule has 0 amide bonds. The first-order chi connectivity index (χ1) is 62.2. The number of ketones is 1. The van der Waals surface area contributed by atoms with Gasteiger partial charge in [0, 0.05) is 37.0 Å². The minimum Gasteiger partial charge on any atom is -0.743 e. The summed E-state index contributed by atoms with van der Waals surface area (Å²) in [6.45, 7) is 5.82. The van der Waals surface area contributed by atoms with Gasteiger partial charge in [0.05, 0.1) is 45.5 Å². The Morgan fingerprint density at radius 1 is 0.396 bits per heavy atom. The van der Waals surface area contributed by atoms with Crippen LogP contribution in [-0.4, -0.2) is 235 Å². The fourth-order valence-electron chi connectivity index (χ4n) is 25.2. The molecule has 139 heavy (non-hydrogen) atoms. The zero-order valence-corrected chi connectivity index (χ0v) is 75.9. The van der Waals surface area contributed by atoms with Crippen molar-refractivity contribution < 1.29 is 261 Å². The maximum Gasteiger partial charge on any atom is 0.432 e.